The Morgan fingerprint density at radius 3 is 2.84 bits per heavy atom. The van der Waals surface area contributed by atoms with Gasteiger partial charge in [-0.15, -0.1) is 21.5 Å². The van der Waals surface area contributed by atoms with Gasteiger partial charge in [-0.25, -0.2) is 4.98 Å². The van der Waals surface area contributed by atoms with Crippen LogP contribution in [0.25, 0.3) is 10.7 Å². The molecule has 3 rings (SSSR count). The second kappa shape index (κ2) is 5.38. The molecule has 1 fully saturated rings. The number of hydrogen-bond donors (Lipinski definition) is 1. The molecule has 0 aromatic carbocycles. The Kier molecular flexibility index (Phi) is 3.61. The van der Waals surface area contributed by atoms with Crippen LogP contribution in [-0.2, 0) is 6.54 Å². The van der Waals surface area contributed by atoms with Crippen LogP contribution in [0.5, 0.6) is 0 Å². The quantitative estimate of drug-likeness (QED) is 0.936. The first kappa shape index (κ1) is 12.7. The molecule has 0 bridgehead atoms. The Hall–Kier alpha value is -1.27. The lowest BCUT2D eigenvalue weighted by molar-refractivity contribution is 0.355. The van der Waals surface area contributed by atoms with Gasteiger partial charge in [-0.3, -0.25) is 0 Å². The van der Waals surface area contributed by atoms with Crippen molar-refractivity contribution in [3.63, 3.8) is 0 Å². The van der Waals surface area contributed by atoms with E-state index in [4.69, 9.17) is 5.73 Å². The Labute approximate surface area is 116 Å². The van der Waals surface area contributed by atoms with Crippen LogP contribution in [0.4, 0.5) is 0 Å². The van der Waals surface area contributed by atoms with E-state index in [0.717, 1.165) is 21.4 Å². The van der Waals surface area contributed by atoms with E-state index in [1.807, 2.05) is 13.3 Å². The van der Waals surface area contributed by atoms with Crippen LogP contribution in [-0.4, -0.2) is 19.7 Å². The number of thiazole rings is 1. The predicted octanol–water partition coefficient (Wildman–Crippen LogP) is 2.67. The van der Waals surface area contributed by atoms with Crippen LogP contribution < -0.4 is 5.73 Å². The van der Waals surface area contributed by atoms with Gasteiger partial charge in [-0.05, 0) is 19.8 Å². The zero-order chi connectivity index (χ0) is 13.2. The summed E-state index contributed by atoms with van der Waals surface area (Å²) in [6, 6.07) is 0.543. The van der Waals surface area contributed by atoms with Gasteiger partial charge in [0, 0.05) is 12.6 Å². The third-order valence-corrected chi connectivity index (χ3v) is 4.94. The molecular formula is C13H19N5S. The van der Waals surface area contributed by atoms with Crippen molar-refractivity contribution >= 4 is 11.3 Å². The molecule has 0 spiro atoms. The first-order valence-corrected chi connectivity index (χ1v) is 7.67. The molecule has 0 radical (unpaired) electrons. The van der Waals surface area contributed by atoms with Crippen molar-refractivity contribution in [2.24, 2.45) is 5.73 Å². The Balaban J connectivity index is 1.96. The molecule has 1 saturated carbocycles. The number of rotatable bonds is 3. The highest BCUT2D eigenvalue weighted by molar-refractivity contribution is 7.15. The standard InChI is InChI=1S/C13H19N5S/c1-9-12(19-11(7-14)16-9)13-17-15-8-18(13)10-5-3-2-4-6-10/h8,10H,2-7,14H2,1H3. The summed E-state index contributed by atoms with van der Waals surface area (Å²) >= 11 is 1.64. The molecule has 19 heavy (non-hydrogen) atoms. The molecule has 1 aliphatic carbocycles. The van der Waals surface area contributed by atoms with E-state index in [1.165, 1.54) is 32.1 Å². The molecule has 0 atom stereocenters. The second-order valence-electron chi connectivity index (χ2n) is 5.08. The Morgan fingerprint density at radius 1 is 1.37 bits per heavy atom. The summed E-state index contributed by atoms with van der Waals surface area (Å²) in [6.45, 7) is 2.51. The van der Waals surface area contributed by atoms with Crippen molar-refractivity contribution in [1.29, 1.82) is 0 Å². The molecular weight excluding hydrogens is 258 g/mol. The average molecular weight is 277 g/mol. The van der Waals surface area contributed by atoms with Crippen LogP contribution in [0.2, 0.25) is 0 Å². The molecule has 5 nitrogen and oxygen atoms in total. The Morgan fingerprint density at radius 2 is 2.16 bits per heavy atom. The fraction of sp³-hybridized carbons (Fsp3) is 0.615. The first-order valence-electron chi connectivity index (χ1n) is 6.86. The van der Waals surface area contributed by atoms with E-state index in [9.17, 15) is 0 Å². The minimum atomic E-state index is 0.489. The maximum absolute atomic E-state index is 5.67. The topological polar surface area (TPSA) is 69.6 Å². The number of aryl methyl sites for hydroxylation is 1. The smallest absolute Gasteiger partial charge is 0.176 e. The molecule has 1 aliphatic rings. The molecule has 102 valence electrons. The Bertz CT molecular complexity index is 553. The molecule has 2 N–H and O–H groups in total. The first-order chi connectivity index (χ1) is 9.29. The van der Waals surface area contributed by atoms with E-state index in [0.29, 0.717) is 12.6 Å². The van der Waals surface area contributed by atoms with E-state index in [2.05, 4.69) is 19.7 Å². The zero-order valence-electron chi connectivity index (χ0n) is 11.2. The molecule has 0 unspecified atom stereocenters. The number of nitrogens with zero attached hydrogens (tertiary/aromatic N) is 4. The van der Waals surface area contributed by atoms with E-state index in [1.54, 1.807) is 11.3 Å². The molecule has 2 aromatic heterocycles. The van der Waals surface area contributed by atoms with Gasteiger partial charge in [0.15, 0.2) is 5.82 Å². The van der Waals surface area contributed by atoms with Gasteiger partial charge >= 0.3 is 0 Å². The highest BCUT2D eigenvalue weighted by Crippen LogP contribution is 2.34. The lowest BCUT2D eigenvalue weighted by atomic mass is 9.95. The highest BCUT2D eigenvalue weighted by atomic mass is 32.1. The summed E-state index contributed by atoms with van der Waals surface area (Å²) in [6.07, 6.45) is 8.28. The van der Waals surface area contributed by atoms with Gasteiger partial charge in [0.25, 0.3) is 0 Å². The average Bonchev–Trinajstić information content (AvgIpc) is 3.05. The minimum Gasteiger partial charge on any atom is -0.325 e. The molecule has 0 aliphatic heterocycles. The summed E-state index contributed by atoms with van der Waals surface area (Å²) in [5.41, 5.74) is 6.68. The van der Waals surface area contributed by atoms with Gasteiger partial charge in [-0.2, -0.15) is 0 Å². The fourth-order valence-electron chi connectivity index (χ4n) is 2.78. The summed E-state index contributed by atoms with van der Waals surface area (Å²) < 4.78 is 2.24. The van der Waals surface area contributed by atoms with Crippen molar-refractivity contribution < 1.29 is 0 Å². The maximum Gasteiger partial charge on any atom is 0.176 e. The van der Waals surface area contributed by atoms with E-state index in [-0.39, 0.29) is 0 Å². The largest absolute Gasteiger partial charge is 0.325 e. The molecule has 0 amide bonds. The monoisotopic (exact) mass is 277 g/mol. The minimum absolute atomic E-state index is 0.489. The van der Waals surface area contributed by atoms with Crippen LogP contribution in [0.1, 0.15) is 48.8 Å². The summed E-state index contributed by atoms with van der Waals surface area (Å²) in [7, 11) is 0. The number of aromatic nitrogens is 4. The van der Waals surface area contributed by atoms with E-state index >= 15 is 0 Å². The molecule has 6 heteroatoms. The molecule has 2 heterocycles. The fourth-order valence-corrected chi connectivity index (χ4v) is 3.71. The van der Waals surface area contributed by atoms with Gasteiger partial charge < -0.3 is 10.3 Å². The van der Waals surface area contributed by atoms with Gasteiger partial charge in [-0.1, -0.05) is 19.3 Å². The van der Waals surface area contributed by atoms with Gasteiger partial charge in [0.2, 0.25) is 0 Å². The number of nitrogens with two attached hydrogens (primary N) is 1. The third kappa shape index (κ3) is 2.42. The normalized spacial score (nSPS) is 16.9. The number of hydrogen-bond acceptors (Lipinski definition) is 5. The molecule has 2 aromatic rings. The van der Waals surface area contributed by atoms with E-state index < -0.39 is 0 Å². The van der Waals surface area contributed by atoms with Crippen molar-refractivity contribution in [1.82, 2.24) is 19.7 Å². The SMILES string of the molecule is Cc1nc(CN)sc1-c1nncn1C1CCCCC1. The van der Waals surface area contributed by atoms with Crippen LogP contribution in [0.15, 0.2) is 6.33 Å². The van der Waals surface area contributed by atoms with Crippen LogP contribution in [0.3, 0.4) is 0 Å². The van der Waals surface area contributed by atoms with Crippen molar-refractivity contribution in [2.45, 2.75) is 51.6 Å². The predicted molar refractivity (Wildman–Crippen MR) is 75.9 cm³/mol. The summed E-state index contributed by atoms with van der Waals surface area (Å²) in [5, 5.41) is 9.39. The summed E-state index contributed by atoms with van der Waals surface area (Å²) in [4.78, 5) is 5.60. The van der Waals surface area contributed by atoms with Crippen molar-refractivity contribution in [3.8, 4) is 10.7 Å². The van der Waals surface area contributed by atoms with Crippen LogP contribution in [0, 0.1) is 6.92 Å². The lowest BCUT2D eigenvalue weighted by Gasteiger charge is -2.23. The van der Waals surface area contributed by atoms with Crippen molar-refractivity contribution in [3.05, 3.63) is 17.0 Å². The zero-order valence-corrected chi connectivity index (χ0v) is 12.0. The van der Waals surface area contributed by atoms with Crippen molar-refractivity contribution in [2.75, 3.05) is 0 Å². The van der Waals surface area contributed by atoms with Gasteiger partial charge in [0.05, 0.1) is 10.6 Å². The maximum atomic E-state index is 5.67. The lowest BCUT2D eigenvalue weighted by Crippen LogP contribution is -2.13. The third-order valence-electron chi connectivity index (χ3n) is 3.76. The molecule has 0 saturated heterocycles. The highest BCUT2D eigenvalue weighted by Gasteiger charge is 2.21. The van der Waals surface area contributed by atoms with Crippen LogP contribution >= 0.6 is 11.3 Å². The van der Waals surface area contributed by atoms with Gasteiger partial charge in [0.1, 0.15) is 11.3 Å². The second-order valence-corrected chi connectivity index (χ2v) is 6.16. The summed E-state index contributed by atoms with van der Waals surface area (Å²) in [5.74, 6) is 0.960.